The summed E-state index contributed by atoms with van der Waals surface area (Å²) in [5.74, 6) is -0.906. The van der Waals surface area contributed by atoms with Gasteiger partial charge in [0.05, 0.1) is 17.7 Å². The number of esters is 1. The topological polar surface area (TPSA) is 97.6 Å². The lowest BCUT2D eigenvalue weighted by molar-refractivity contribution is -0.156. The molecular weight excluding hydrogens is 404 g/mol. The molecule has 0 aliphatic heterocycles. The monoisotopic (exact) mass is 426 g/mol. The highest BCUT2D eigenvalue weighted by atomic mass is 32.1. The Morgan fingerprint density at radius 2 is 1.87 bits per heavy atom. The summed E-state index contributed by atoms with van der Waals surface area (Å²) in [7, 11) is 0. The zero-order chi connectivity index (χ0) is 21.3. The molecule has 30 heavy (non-hydrogen) atoms. The molecule has 0 saturated carbocycles. The van der Waals surface area contributed by atoms with Gasteiger partial charge in [-0.25, -0.2) is 4.79 Å². The number of ether oxygens (including phenoxy) is 1. The van der Waals surface area contributed by atoms with Gasteiger partial charge >= 0.3 is 5.97 Å². The summed E-state index contributed by atoms with van der Waals surface area (Å²) in [4.78, 5) is 38.0. The molecule has 2 atom stereocenters. The average molecular weight is 426 g/mol. The highest BCUT2D eigenvalue weighted by Crippen LogP contribution is 2.11. The third-order valence-corrected chi connectivity index (χ3v) is 5.17. The van der Waals surface area contributed by atoms with Crippen molar-refractivity contribution >= 4 is 29.1 Å². The lowest BCUT2D eigenvalue weighted by Gasteiger charge is -2.20. The van der Waals surface area contributed by atoms with Crippen molar-refractivity contribution in [2.24, 2.45) is 0 Å². The first-order valence-corrected chi connectivity index (χ1v) is 10.3. The Labute approximate surface area is 178 Å². The van der Waals surface area contributed by atoms with Crippen LogP contribution in [0.15, 0.2) is 70.7 Å². The van der Waals surface area contributed by atoms with Crippen LogP contribution < -0.4 is 10.6 Å². The van der Waals surface area contributed by atoms with Gasteiger partial charge in [0, 0.05) is 6.42 Å². The third kappa shape index (κ3) is 6.05. The van der Waals surface area contributed by atoms with Gasteiger partial charge in [0.1, 0.15) is 11.8 Å². The number of amides is 2. The lowest BCUT2D eigenvalue weighted by Crippen LogP contribution is -2.46. The number of thiophene rings is 1. The van der Waals surface area contributed by atoms with Crippen LogP contribution in [0.4, 0.5) is 0 Å². The average Bonchev–Trinajstić information content (AvgIpc) is 3.46. The van der Waals surface area contributed by atoms with Gasteiger partial charge in [-0.15, -0.1) is 11.3 Å². The largest absolute Gasteiger partial charge is 0.467 e. The summed E-state index contributed by atoms with van der Waals surface area (Å²) in [5.41, 5.74) is 0.862. The third-order valence-electron chi connectivity index (χ3n) is 4.30. The van der Waals surface area contributed by atoms with Crippen LogP contribution in [-0.2, 0) is 27.3 Å². The second-order valence-corrected chi connectivity index (χ2v) is 7.52. The standard InChI is InChI=1S/C22H22N2O5S/c1-15(20(25)23-14-17-9-5-11-28-17)29-22(27)18(13-16-7-3-2-4-8-16)24-21(26)19-10-6-12-30-19/h2-12,15,18H,13-14H2,1H3,(H,23,25)(H,24,26)/t15-,18-/m0/s1. The van der Waals surface area contributed by atoms with Gasteiger partial charge in [-0.2, -0.15) is 0 Å². The van der Waals surface area contributed by atoms with E-state index in [2.05, 4.69) is 10.6 Å². The zero-order valence-corrected chi connectivity index (χ0v) is 17.2. The van der Waals surface area contributed by atoms with Crippen LogP contribution in [0.1, 0.15) is 27.9 Å². The number of hydrogen-bond donors (Lipinski definition) is 2. The van der Waals surface area contributed by atoms with Crippen molar-refractivity contribution in [2.75, 3.05) is 0 Å². The second kappa shape index (κ2) is 10.4. The molecule has 0 radical (unpaired) electrons. The highest BCUT2D eigenvalue weighted by Gasteiger charge is 2.27. The van der Waals surface area contributed by atoms with Gasteiger partial charge in [-0.05, 0) is 36.1 Å². The minimum Gasteiger partial charge on any atom is -0.467 e. The van der Waals surface area contributed by atoms with E-state index < -0.39 is 24.0 Å². The highest BCUT2D eigenvalue weighted by molar-refractivity contribution is 7.12. The van der Waals surface area contributed by atoms with Crippen molar-refractivity contribution in [1.82, 2.24) is 10.6 Å². The molecule has 0 aliphatic rings. The minimum absolute atomic E-state index is 0.191. The van der Waals surface area contributed by atoms with Crippen molar-refractivity contribution in [2.45, 2.75) is 32.0 Å². The molecule has 0 unspecified atom stereocenters. The van der Waals surface area contributed by atoms with Gasteiger partial charge in [0.15, 0.2) is 6.10 Å². The maximum absolute atomic E-state index is 12.8. The van der Waals surface area contributed by atoms with Crippen LogP contribution in [0, 0.1) is 0 Å². The summed E-state index contributed by atoms with van der Waals surface area (Å²) in [6.07, 6.45) is 0.733. The minimum atomic E-state index is -1.02. The molecule has 0 saturated heterocycles. The van der Waals surface area contributed by atoms with Crippen LogP contribution >= 0.6 is 11.3 Å². The molecule has 3 aromatic rings. The van der Waals surface area contributed by atoms with E-state index >= 15 is 0 Å². The van der Waals surface area contributed by atoms with E-state index in [-0.39, 0.29) is 18.9 Å². The second-order valence-electron chi connectivity index (χ2n) is 6.57. The van der Waals surface area contributed by atoms with Crippen molar-refractivity contribution in [3.05, 3.63) is 82.4 Å². The number of benzene rings is 1. The summed E-state index contributed by atoms with van der Waals surface area (Å²) in [5, 5.41) is 7.15. The van der Waals surface area contributed by atoms with Crippen molar-refractivity contribution < 1.29 is 23.5 Å². The van der Waals surface area contributed by atoms with Crippen LogP contribution in [0.3, 0.4) is 0 Å². The van der Waals surface area contributed by atoms with Gasteiger partial charge in [-0.3, -0.25) is 9.59 Å². The number of furan rings is 1. The fourth-order valence-electron chi connectivity index (χ4n) is 2.72. The van der Waals surface area contributed by atoms with Crippen LogP contribution in [0.25, 0.3) is 0 Å². The predicted octanol–water partition coefficient (Wildman–Crippen LogP) is 2.93. The molecule has 8 heteroatoms. The molecule has 2 N–H and O–H groups in total. The van der Waals surface area contributed by atoms with Crippen LogP contribution in [0.5, 0.6) is 0 Å². The Kier molecular flexibility index (Phi) is 7.40. The van der Waals surface area contributed by atoms with E-state index in [0.29, 0.717) is 10.6 Å². The quantitative estimate of drug-likeness (QED) is 0.513. The first-order chi connectivity index (χ1) is 14.5. The van der Waals surface area contributed by atoms with Gasteiger partial charge in [0.2, 0.25) is 0 Å². The number of rotatable bonds is 9. The Hall–Kier alpha value is -3.39. The van der Waals surface area contributed by atoms with Crippen molar-refractivity contribution in [3.8, 4) is 0 Å². The maximum atomic E-state index is 12.8. The Morgan fingerprint density at radius 3 is 2.53 bits per heavy atom. The van der Waals surface area contributed by atoms with Crippen molar-refractivity contribution in [1.29, 1.82) is 0 Å². The van der Waals surface area contributed by atoms with E-state index in [4.69, 9.17) is 9.15 Å². The van der Waals surface area contributed by atoms with Gasteiger partial charge < -0.3 is 19.8 Å². The summed E-state index contributed by atoms with van der Waals surface area (Å²) in [6, 6.07) is 15.2. The first-order valence-electron chi connectivity index (χ1n) is 9.42. The predicted molar refractivity (Wildman–Crippen MR) is 112 cm³/mol. The zero-order valence-electron chi connectivity index (χ0n) is 16.4. The fourth-order valence-corrected chi connectivity index (χ4v) is 3.35. The number of nitrogens with one attached hydrogen (secondary N) is 2. The maximum Gasteiger partial charge on any atom is 0.329 e. The normalized spacial score (nSPS) is 12.6. The SMILES string of the molecule is C[C@H](OC(=O)[C@H](Cc1ccccc1)NC(=O)c1cccs1)C(=O)NCc1ccco1. The molecule has 0 spiro atoms. The smallest absolute Gasteiger partial charge is 0.329 e. The molecular formula is C22H22N2O5S. The Morgan fingerprint density at radius 1 is 1.07 bits per heavy atom. The first kappa shape index (κ1) is 21.3. The van der Waals surface area contributed by atoms with E-state index in [9.17, 15) is 14.4 Å². The molecule has 1 aromatic carbocycles. The fraction of sp³-hybridized carbons (Fsp3) is 0.227. The van der Waals surface area contributed by atoms with E-state index in [1.807, 2.05) is 30.3 Å². The van der Waals surface area contributed by atoms with Gasteiger partial charge in [-0.1, -0.05) is 36.4 Å². The molecule has 0 aliphatic carbocycles. The van der Waals surface area contributed by atoms with E-state index in [1.165, 1.54) is 24.5 Å². The Balaban J connectivity index is 1.62. The molecule has 3 rings (SSSR count). The molecule has 2 heterocycles. The van der Waals surface area contributed by atoms with Crippen molar-refractivity contribution in [3.63, 3.8) is 0 Å². The van der Waals surface area contributed by atoms with Crippen LogP contribution in [-0.4, -0.2) is 29.9 Å². The van der Waals surface area contributed by atoms with E-state index in [1.54, 1.807) is 29.6 Å². The number of carbonyl (C=O) groups excluding carboxylic acids is 3. The van der Waals surface area contributed by atoms with E-state index in [0.717, 1.165) is 5.56 Å². The van der Waals surface area contributed by atoms with Crippen LogP contribution in [0.2, 0.25) is 0 Å². The molecule has 2 amide bonds. The summed E-state index contributed by atoms with van der Waals surface area (Å²) in [6.45, 7) is 1.67. The molecule has 2 aromatic heterocycles. The molecule has 0 bridgehead atoms. The summed E-state index contributed by atoms with van der Waals surface area (Å²) < 4.78 is 10.5. The summed E-state index contributed by atoms with van der Waals surface area (Å²) >= 11 is 1.28. The molecule has 0 fully saturated rings. The Bertz CT molecular complexity index is 955. The molecule has 7 nitrogen and oxygen atoms in total. The molecule has 156 valence electrons. The van der Waals surface area contributed by atoms with Gasteiger partial charge in [0.25, 0.3) is 11.8 Å². The lowest BCUT2D eigenvalue weighted by atomic mass is 10.1. The number of hydrogen-bond acceptors (Lipinski definition) is 6. The number of carbonyl (C=O) groups is 3.